The monoisotopic (exact) mass is 321 g/mol. The summed E-state index contributed by atoms with van der Waals surface area (Å²) >= 11 is 5.80. The van der Waals surface area contributed by atoms with Crippen molar-refractivity contribution in [1.29, 1.82) is 0 Å². The summed E-state index contributed by atoms with van der Waals surface area (Å²) in [6, 6.07) is 3.26. The summed E-state index contributed by atoms with van der Waals surface area (Å²) in [5, 5.41) is -0.108. The zero-order chi connectivity index (χ0) is 15.5. The van der Waals surface area contributed by atoms with Crippen molar-refractivity contribution in [2.45, 2.75) is 32.6 Å². The van der Waals surface area contributed by atoms with Crippen LogP contribution >= 0.6 is 11.6 Å². The Morgan fingerprint density at radius 3 is 2.20 bits per heavy atom. The van der Waals surface area contributed by atoms with Gasteiger partial charge in [-0.3, -0.25) is 0 Å². The predicted octanol–water partition coefficient (Wildman–Crippen LogP) is 3.69. The first-order valence-corrected chi connectivity index (χ1v) is 8.46. The Morgan fingerprint density at radius 2 is 1.75 bits per heavy atom. The molecule has 0 saturated heterocycles. The number of benzene rings is 1. The van der Waals surface area contributed by atoms with Gasteiger partial charge in [-0.05, 0) is 36.0 Å². The fraction of sp³-hybridized carbons (Fsp3) is 0.571. The lowest BCUT2D eigenvalue weighted by Gasteiger charge is -2.25. The quantitative estimate of drug-likeness (QED) is 0.868. The van der Waals surface area contributed by atoms with Gasteiger partial charge in [-0.2, -0.15) is 0 Å². The fourth-order valence-corrected chi connectivity index (χ4v) is 3.82. The van der Waals surface area contributed by atoms with E-state index in [0.717, 1.165) is 12.1 Å². The van der Waals surface area contributed by atoms with Crippen molar-refractivity contribution in [3.8, 4) is 0 Å². The summed E-state index contributed by atoms with van der Waals surface area (Å²) in [6.45, 7) is 8.58. The van der Waals surface area contributed by atoms with Gasteiger partial charge < -0.3 is 0 Å². The Hall–Kier alpha value is -0.650. The lowest BCUT2D eigenvalue weighted by Crippen LogP contribution is -2.34. The van der Waals surface area contributed by atoms with Crippen LogP contribution in [0.4, 0.5) is 4.39 Å². The molecule has 0 bridgehead atoms. The van der Waals surface area contributed by atoms with Crippen molar-refractivity contribution in [3.63, 3.8) is 0 Å². The fourth-order valence-electron chi connectivity index (χ4n) is 2.22. The molecule has 0 radical (unpaired) electrons. The maximum atomic E-state index is 13.0. The average Bonchev–Trinajstić information content (AvgIpc) is 2.26. The van der Waals surface area contributed by atoms with Gasteiger partial charge >= 0.3 is 0 Å². The summed E-state index contributed by atoms with van der Waals surface area (Å²) < 4.78 is 39.9. The van der Waals surface area contributed by atoms with Crippen LogP contribution in [-0.2, 0) is 10.0 Å². The first-order valence-electron chi connectivity index (χ1n) is 6.60. The standard InChI is InChI=1S/C14H21ClFNO2S/c1-9(2)12(10(3)4)8-17-20(18,19)14-6-5-11(16)7-13(14)15/h5-7,9-10,12,17H,8H2,1-4H3. The smallest absolute Gasteiger partial charge is 0.211 e. The van der Waals surface area contributed by atoms with Crippen LogP contribution in [0.5, 0.6) is 0 Å². The molecule has 1 aromatic rings. The van der Waals surface area contributed by atoms with Gasteiger partial charge in [0.25, 0.3) is 0 Å². The van der Waals surface area contributed by atoms with E-state index in [0.29, 0.717) is 18.4 Å². The second-order valence-corrected chi connectivity index (χ2v) is 7.72. The van der Waals surface area contributed by atoms with Crippen molar-refractivity contribution < 1.29 is 12.8 Å². The predicted molar refractivity (Wildman–Crippen MR) is 79.8 cm³/mol. The van der Waals surface area contributed by atoms with E-state index in [1.165, 1.54) is 6.07 Å². The molecule has 0 aromatic heterocycles. The molecule has 114 valence electrons. The highest BCUT2D eigenvalue weighted by molar-refractivity contribution is 7.89. The van der Waals surface area contributed by atoms with E-state index in [1.807, 2.05) is 0 Å². The normalized spacial score (nSPS) is 12.7. The van der Waals surface area contributed by atoms with Gasteiger partial charge in [0.1, 0.15) is 10.7 Å². The van der Waals surface area contributed by atoms with E-state index in [1.54, 1.807) is 0 Å². The van der Waals surface area contributed by atoms with Crippen molar-refractivity contribution in [2.75, 3.05) is 6.54 Å². The van der Waals surface area contributed by atoms with Crippen LogP contribution in [0.3, 0.4) is 0 Å². The lowest BCUT2D eigenvalue weighted by atomic mass is 9.86. The topological polar surface area (TPSA) is 46.2 Å². The SMILES string of the molecule is CC(C)C(CNS(=O)(=O)c1ccc(F)cc1Cl)C(C)C. The Kier molecular flexibility index (Phi) is 5.98. The molecular weight excluding hydrogens is 301 g/mol. The number of halogens is 2. The summed E-state index contributed by atoms with van der Waals surface area (Å²) in [4.78, 5) is -0.0909. The van der Waals surface area contributed by atoms with Crippen LogP contribution in [0.1, 0.15) is 27.7 Å². The van der Waals surface area contributed by atoms with Gasteiger partial charge in [0.05, 0.1) is 5.02 Å². The molecule has 1 rings (SSSR count). The molecule has 0 unspecified atom stereocenters. The van der Waals surface area contributed by atoms with Crippen molar-refractivity contribution in [1.82, 2.24) is 4.72 Å². The minimum Gasteiger partial charge on any atom is -0.211 e. The van der Waals surface area contributed by atoms with Gasteiger partial charge in [-0.1, -0.05) is 39.3 Å². The number of hydrogen-bond acceptors (Lipinski definition) is 2. The molecule has 0 aliphatic rings. The van der Waals surface area contributed by atoms with Crippen LogP contribution in [-0.4, -0.2) is 15.0 Å². The maximum Gasteiger partial charge on any atom is 0.242 e. The van der Waals surface area contributed by atoms with E-state index in [-0.39, 0.29) is 15.8 Å². The molecule has 0 saturated carbocycles. The molecule has 0 aliphatic heterocycles. The molecule has 3 nitrogen and oxygen atoms in total. The van der Waals surface area contributed by atoms with E-state index >= 15 is 0 Å². The van der Waals surface area contributed by atoms with Crippen LogP contribution < -0.4 is 4.72 Å². The molecular formula is C14H21ClFNO2S. The number of hydrogen-bond donors (Lipinski definition) is 1. The van der Waals surface area contributed by atoms with Gasteiger partial charge in [-0.15, -0.1) is 0 Å². The largest absolute Gasteiger partial charge is 0.242 e. The van der Waals surface area contributed by atoms with Crippen LogP contribution in [0.15, 0.2) is 23.1 Å². The van der Waals surface area contributed by atoms with Gasteiger partial charge in [0, 0.05) is 6.54 Å². The summed E-state index contributed by atoms with van der Waals surface area (Å²) in [7, 11) is -3.72. The minimum atomic E-state index is -3.72. The third-order valence-corrected chi connectivity index (χ3v) is 5.31. The number of rotatable bonds is 6. The van der Waals surface area contributed by atoms with Crippen LogP contribution in [0.25, 0.3) is 0 Å². The first kappa shape index (κ1) is 17.4. The second-order valence-electron chi connectivity index (χ2n) is 5.58. The Bertz CT molecular complexity index is 550. The second kappa shape index (κ2) is 6.87. The molecule has 1 N–H and O–H groups in total. The summed E-state index contributed by atoms with van der Waals surface area (Å²) in [6.07, 6.45) is 0. The first-order chi connectivity index (χ1) is 9.15. The molecule has 6 heteroatoms. The molecule has 0 aliphatic carbocycles. The van der Waals surface area contributed by atoms with Crippen LogP contribution in [0.2, 0.25) is 5.02 Å². The third-order valence-electron chi connectivity index (χ3n) is 3.41. The molecule has 1 aromatic carbocycles. The van der Waals surface area contributed by atoms with E-state index < -0.39 is 15.8 Å². The zero-order valence-corrected chi connectivity index (χ0v) is 13.7. The summed E-state index contributed by atoms with van der Waals surface area (Å²) in [5.74, 6) is 0.392. The molecule has 0 atom stereocenters. The van der Waals surface area contributed by atoms with Gasteiger partial charge in [0.2, 0.25) is 10.0 Å². The Morgan fingerprint density at radius 1 is 1.20 bits per heavy atom. The third kappa shape index (κ3) is 4.43. The zero-order valence-electron chi connectivity index (χ0n) is 12.2. The van der Waals surface area contributed by atoms with E-state index in [9.17, 15) is 12.8 Å². The maximum absolute atomic E-state index is 13.0. The van der Waals surface area contributed by atoms with Crippen LogP contribution in [0, 0.1) is 23.6 Å². The number of nitrogens with one attached hydrogen (secondary N) is 1. The molecule has 0 amide bonds. The highest BCUT2D eigenvalue weighted by Gasteiger charge is 2.23. The molecule has 0 heterocycles. The Balaban J connectivity index is 2.90. The lowest BCUT2D eigenvalue weighted by molar-refractivity contribution is 0.289. The van der Waals surface area contributed by atoms with E-state index in [2.05, 4.69) is 32.4 Å². The highest BCUT2D eigenvalue weighted by Crippen LogP contribution is 2.24. The minimum absolute atomic E-state index is 0.0909. The van der Waals surface area contributed by atoms with Crippen molar-refractivity contribution in [3.05, 3.63) is 29.0 Å². The van der Waals surface area contributed by atoms with Crippen molar-refractivity contribution in [2.24, 2.45) is 17.8 Å². The van der Waals surface area contributed by atoms with Gasteiger partial charge in [-0.25, -0.2) is 17.5 Å². The molecule has 0 spiro atoms. The molecule has 0 fully saturated rings. The number of sulfonamides is 1. The van der Waals surface area contributed by atoms with E-state index in [4.69, 9.17) is 11.6 Å². The summed E-state index contributed by atoms with van der Waals surface area (Å²) in [5.41, 5.74) is 0. The highest BCUT2D eigenvalue weighted by atomic mass is 35.5. The van der Waals surface area contributed by atoms with Crippen molar-refractivity contribution >= 4 is 21.6 Å². The van der Waals surface area contributed by atoms with Gasteiger partial charge in [0.15, 0.2) is 0 Å². The Labute approximate surface area is 125 Å². The molecule has 20 heavy (non-hydrogen) atoms. The average molecular weight is 322 g/mol.